The fourth-order valence-corrected chi connectivity index (χ4v) is 0. The molecule has 0 unspecified atom stereocenters. The number of hydrogen-bond donors (Lipinski definition) is 4. The molecule has 0 spiro atoms. The van der Waals surface area contributed by atoms with E-state index in [0.717, 1.165) is 12.2 Å². The molecule has 0 aromatic rings. The van der Waals surface area contributed by atoms with Crippen LogP contribution in [-0.4, -0.2) is 44.3 Å². The Hall–Kier alpha value is -1.91. The summed E-state index contributed by atoms with van der Waals surface area (Å²) in [6, 6.07) is 0. The SMILES string of the molecule is C=C(C)C(=O)O.C=C(C)C(=O)O.C=CC(=O)O.C=CC(=O)O.[Zn].[Zn]. The van der Waals surface area contributed by atoms with Crippen LogP contribution in [0.1, 0.15) is 13.8 Å². The van der Waals surface area contributed by atoms with Crippen LogP contribution in [0.3, 0.4) is 0 Å². The van der Waals surface area contributed by atoms with Gasteiger partial charge in [0.15, 0.2) is 0 Å². The van der Waals surface area contributed by atoms with E-state index >= 15 is 0 Å². The quantitative estimate of drug-likeness (QED) is 0.377. The Kier molecular flexibility index (Phi) is 41.1. The largest absolute Gasteiger partial charge is 0.478 e. The van der Waals surface area contributed by atoms with Gasteiger partial charge in [-0.1, -0.05) is 26.3 Å². The molecule has 0 aromatic carbocycles. The zero-order chi connectivity index (χ0) is 18.9. The van der Waals surface area contributed by atoms with Gasteiger partial charge in [0.25, 0.3) is 0 Å². The van der Waals surface area contributed by atoms with Crippen LogP contribution in [0.25, 0.3) is 0 Å². The van der Waals surface area contributed by atoms with Crippen molar-refractivity contribution in [1.82, 2.24) is 0 Å². The minimum atomic E-state index is -0.981. The molecule has 4 N–H and O–H groups in total. The van der Waals surface area contributed by atoms with Crippen molar-refractivity contribution in [2.24, 2.45) is 0 Å². The van der Waals surface area contributed by atoms with E-state index in [4.69, 9.17) is 20.4 Å². The first kappa shape index (κ1) is 38.0. The first-order valence-electron chi connectivity index (χ1n) is 5.31. The van der Waals surface area contributed by atoms with Crippen LogP contribution in [0.2, 0.25) is 0 Å². The standard InChI is InChI=1S/2C4H6O2.2C3H4O2.2Zn/c2*1-3(2)4(5)6;2*1-2-3(4)5;;/h2*1H2,2H3,(H,5,6);2*2H,1H2,(H,4,5);;. The Labute approximate surface area is 165 Å². The third-order valence-electron chi connectivity index (χ3n) is 1.08. The summed E-state index contributed by atoms with van der Waals surface area (Å²) in [4.78, 5) is 37.7. The number of carboxylic acid groups (broad SMARTS) is 4. The molecule has 0 saturated heterocycles. The number of hydrogen-bond acceptors (Lipinski definition) is 4. The summed E-state index contributed by atoms with van der Waals surface area (Å²) >= 11 is 0. The van der Waals surface area contributed by atoms with E-state index < -0.39 is 23.9 Å². The predicted molar refractivity (Wildman–Crippen MR) is 80.6 cm³/mol. The molecule has 0 radical (unpaired) electrons. The Bertz CT molecular complexity index is 390. The van der Waals surface area contributed by atoms with Crippen molar-refractivity contribution in [2.45, 2.75) is 13.8 Å². The molecule has 0 saturated carbocycles. The van der Waals surface area contributed by atoms with Crippen LogP contribution in [0.5, 0.6) is 0 Å². The van der Waals surface area contributed by atoms with Gasteiger partial charge in [-0.2, -0.15) is 0 Å². The smallest absolute Gasteiger partial charge is 0.330 e. The average molecular weight is 447 g/mol. The van der Waals surface area contributed by atoms with Crippen molar-refractivity contribution >= 4 is 23.9 Å². The molecule has 0 rings (SSSR count). The molecular formula is C14H20O8Zn2. The van der Waals surface area contributed by atoms with Crippen molar-refractivity contribution in [3.63, 3.8) is 0 Å². The van der Waals surface area contributed by atoms with Gasteiger partial charge in [0.1, 0.15) is 0 Å². The first-order chi connectivity index (χ1) is 9.83. The zero-order valence-corrected chi connectivity index (χ0v) is 19.8. The van der Waals surface area contributed by atoms with E-state index in [1.165, 1.54) is 13.8 Å². The van der Waals surface area contributed by atoms with Gasteiger partial charge >= 0.3 is 23.9 Å². The summed E-state index contributed by atoms with van der Waals surface area (Å²) in [5, 5.41) is 31.0. The third-order valence-corrected chi connectivity index (χ3v) is 1.08. The fourth-order valence-electron chi connectivity index (χ4n) is 0. The Morgan fingerprint density at radius 2 is 0.750 bits per heavy atom. The summed E-state index contributed by atoms with van der Waals surface area (Å²) in [5.41, 5.74) is 0.352. The van der Waals surface area contributed by atoms with E-state index in [2.05, 4.69) is 26.3 Å². The van der Waals surface area contributed by atoms with Crippen molar-refractivity contribution in [3.8, 4) is 0 Å². The van der Waals surface area contributed by atoms with Crippen LogP contribution >= 0.6 is 0 Å². The van der Waals surface area contributed by atoms with Gasteiger partial charge in [-0.25, -0.2) is 19.2 Å². The van der Waals surface area contributed by atoms with Crippen LogP contribution in [0, 0.1) is 0 Å². The second-order valence-corrected chi connectivity index (χ2v) is 3.26. The van der Waals surface area contributed by atoms with Gasteiger partial charge in [0.05, 0.1) is 0 Å². The number of carboxylic acids is 4. The molecule has 0 atom stereocenters. The summed E-state index contributed by atoms with van der Waals surface area (Å²) in [6.45, 7) is 15.1. The van der Waals surface area contributed by atoms with Crippen molar-refractivity contribution in [2.75, 3.05) is 0 Å². The topological polar surface area (TPSA) is 149 Å². The van der Waals surface area contributed by atoms with Gasteiger partial charge in [0.2, 0.25) is 0 Å². The van der Waals surface area contributed by atoms with E-state index in [9.17, 15) is 19.2 Å². The molecule has 0 fully saturated rings. The number of rotatable bonds is 4. The molecule has 0 bridgehead atoms. The molecule has 10 heteroatoms. The Morgan fingerprint density at radius 1 is 0.667 bits per heavy atom. The Morgan fingerprint density at radius 3 is 0.750 bits per heavy atom. The van der Waals surface area contributed by atoms with Gasteiger partial charge < -0.3 is 20.4 Å². The Balaban J connectivity index is -0.0000000439. The molecule has 0 aliphatic heterocycles. The molecular weight excluding hydrogens is 427 g/mol. The second kappa shape index (κ2) is 26.0. The van der Waals surface area contributed by atoms with Gasteiger partial charge in [-0.3, -0.25) is 0 Å². The molecule has 24 heavy (non-hydrogen) atoms. The summed E-state index contributed by atoms with van der Waals surface area (Å²) in [6.07, 6.45) is 1.67. The van der Waals surface area contributed by atoms with E-state index in [0.29, 0.717) is 0 Å². The minimum absolute atomic E-state index is 0. The number of carbonyl (C=O) groups is 4. The second-order valence-electron chi connectivity index (χ2n) is 3.26. The molecule has 0 amide bonds. The maximum atomic E-state index is 9.60. The van der Waals surface area contributed by atoms with Crippen molar-refractivity contribution in [1.29, 1.82) is 0 Å². The van der Waals surface area contributed by atoms with Crippen LogP contribution in [-0.2, 0) is 58.1 Å². The first-order valence-corrected chi connectivity index (χ1v) is 5.31. The minimum Gasteiger partial charge on any atom is -0.478 e. The van der Waals surface area contributed by atoms with Crippen LogP contribution in [0.15, 0.2) is 49.6 Å². The predicted octanol–water partition coefficient (Wildman–Crippen LogP) is 1.80. The van der Waals surface area contributed by atoms with E-state index in [-0.39, 0.29) is 50.1 Å². The molecule has 0 aliphatic rings. The van der Waals surface area contributed by atoms with Crippen LogP contribution in [0.4, 0.5) is 0 Å². The monoisotopic (exact) mass is 444 g/mol. The van der Waals surface area contributed by atoms with Crippen molar-refractivity contribution < 1.29 is 78.6 Å². The van der Waals surface area contributed by atoms with Crippen molar-refractivity contribution in [3.05, 3.63) is 49.6 Å². The summed E-state index contributed by atoms with van der Waals surface area (Å²) in [7, 11) is 0. The molecule has 128 valence electrons. The molecule has 0 aromatic heterocycles. The van der Waals surface area contributed by atoms with Gasteiger partial charge in [-0.05, 0) is 13.8 Å². The molecule has 0 aliphatic carbocycles. The fraction of sp³-hybridized carbons (Fsp3) is 0.143. The summed E-state index contributed by atoms with van der Waals surface area (Å²) in [5.74, 6) is -3.83. The van der Waals surface area contributed by atoms with E-state index in [1.54, 1.807) is 0 Å². The summed E-state index contributed by atoms with van der Waals surface area (Å²) < 4.78 is 0. The maximum absolute atomic E-state index is 9.60. The maximum Gasteiger partial charge on any atom is 0.330 e. The normalized spacial score (nSPS) is 6.42. The number of aliphatic carboxylic acids is 4. The third kappa shape index (κ3) is 71.9. The van der Waals surface area contributed by atoms with Crippen LogP contribution < -0.4 is 0 Å². The zero-order valence-electron chi connectivity index (χ0n) is 13.8. The van der Waals surface area contributed by atoms with E-state index in [1.807, 2.05) is 0 Å². The molecule has 0 heterocycles. The van der Waals surface area contributed by atoms with Gasteiger partial charge in [0, 0.05) is 62.3 Å². The molecule has 8 nitrogen and oxygen atoms in total. The van der Waals surface area contributed by atoms with Gasteiger partial charge in [-0.15, -0.1) is 0 Å². The average Bonchev–Trinajstić information content (AvgIpc) is 2.40.